The number of ether oxygens (including phenoxy) is 1. The number of benzene rings is 1. The van der Waals surface area contributed by atoms with Crippen LogP contribution < -0.4 is 10.6 Å². The molecule has 0 atom stereocenters. The van der Waals surface area contributed by atoms with E-state index in [0.717, 1.165) is 13.1 Å². The molecule has 1 aliphatic rings. The van der Waals surface area contributed by atoms with Crippen molar-refractivity contribution in [2.45, 2.75) is 39.2 Å². The Morgan fingerprint density at radius 2 is 1.70 bits per heavy atom. The lowest BCUT2D eigenvalue weighted by atomic mass is 10.2. The smallest absolute Gasteiger partial charge is 0.405 e. The van der Waals surface area contributed by atoms with Gasteiger partial charge in [-0.25, -0.2) is 4.79 Å². The molecule has 0 radical (unpaired) electrons. The van der Waals surface area contributed by atoms with Crippen molar-refractivity contribution in [3.05, 3.63) is 24.3 Å². The largest absolute Gasteiger partial charge is 0.508 e. The Balaban J connectivity index is 0.000000221. The van der Waals surface area contributed by atoms with E-state index in [9.17, 15) is 4.79 Å². The number of aromatic hydroxyl groups is 1. The summed E-state index contributed by atoms with van der Waals surface area (Å²) in [4.78, 5) is 12.4. The molecule has 5 heteroatoms. The average molecular weight is 280 g/mol. The molecule has 1 aromatic rings. The van der Waals surface area contributed by atoms with Crippen molar-refractivity contribution in [3.63, 3.8) is 0 Å². The van der Waals surface area contributed by atoms with Gasteiger partial charge in [0.2, 0.25) is 0 Å². The number of amides is 1. The lowest BCUT2D eigenvalue weighted by Crippen LogP contribution is -2.27. The lowest BCUT2D eigenvalue weighted by molar-refractivity contribution is 0.0600. The molecule has 1 amide bonds. The van der Waals surface area contributed by atoms with E-state index in [1.54, 1.807) is 32.9 Å². The summed E-state index contributed by atoms with van der Waals surface area (Å²) in [7, 11) is 0. The Kier molecular flexibility index (Phi) is 5.67. The highest BCUT2D eigenvalue weighted by Crippen LogP contribution is 2.21. The Hall–Kier alpha value is -1.91. The van der Waals surface area contributed by atoms with Crippen LogP contribution in [0.4, 0.5) is 10.5 Å². The molecular formula is C15H24N2O3. The van der Waals surface area contributed by atoms with Gasteiger partial charge in [-0.2, -0.15) is 0 Å². The van der Waals surface area contributed by atoms with Crippen molar-refractivity contribution < 1.29 is 14.6 Å². The van der Waals surface area contributed by atoms with Crippen molar-refractivity contribution >= 4 is 11.8 Å². The fourth-order valence-electron chi connectivity index (χ4n) is 1.94. The summed E-state index contributed by atoms with van der Waals surface area (Å²) in [5.41, 5.74) is 5.49. The number of phenols is 1. The second-order valence-electron chi connectivity index (χ2n) is 5.74. The molecule has 1 aliphatic heterocycles. The zero-order valence-corrected chi connectivity index (χ0v) is 12.4. The van der Waals surface area contributed by atoms with Gasteiger partial charge >= 0.3 is 6.09 Å². The van der Waals surface area contributed by atoms with Gasteiger partial charge in [-0.1, -0.05) is 0 Å². The second kappa shape index (κ2) is 7.03. The molecule has 20 heavy (non-hydrogen) atoms. The third-order valence-electron chi connectivity index (χ3n) is 2.73. The van der Waals surface area contributed by atoms with E-state index in [2.05, 4.69) is 9.64 Å². The van der Waals surface area contributed by atoms with Gasteiger partial charge in [0.1, 0.15) is 11.4 Å². The second-order valence-corrected chi connectivity index (χ2v) is 5.74. The SMILES string of the molecule is CC(C)(C)OC(N)=O.Oc1ccc(N2CCCC2)cc1. The summed E-state index contributed by atoms with van der Waals surface area (Å²) in [5, 5.41) is 9.08. The minimum absolute atomic E-state index is 0.345. The maximum Gasteiger partial charge on any atom is 0.405 e. The molecule has 2 rings (SSSR count). The van der Waals surface area contributed by atoms with Crippen LogP contribution in [0.15, 0.2) is 24.3 Å². The van der Waals surface area contributed by atoms with Crippen molar-refractivity contribution in [1.29, 1.82) is 0 Å². The van der Waals surface area contributed by atoms with E-state index in [0.29, 0.717) is 5.75 Å². The van der Waals surface area contributed by atoms with Crippen LogP contribution in [0.25, 0.3) is 0 Å². The summed E-state index contributed by atoms with van der Waals surface area (Å²) in [6.45, 7) is 7.60. The van der Waals surface area contributed by atoms with Crippen LogP contribution in [0.3, 0.4) is 0 Å². The standard InChI is InChI=1S/C10H13NO.C5H11NO2/c12-10-5-3-9(4-6-10)11-7-1-2-8-11;1-5(2,3)8-4(6)7/h3-6,12H,1-2,7-8H2;1-3H3,(H2,6,7). The molecule has 0 aliphatic carbocycles. The van der Waals surface area contributed by atoms with Gasteiger partial charge in [-0.05, 0) is 57.9 Å². The number of nitrogens with two attached hydrogens (primary N) is 1. The van der Waals surface area contributed by atoms with Crippen molar-refractivity contribution in [1.82, 2.24) is 0 Å². The summed E-state index contributed by atoms with van der Waals surface area (Å²) >= 11 is 0. The number of primary amides is 1. The number of carbonyl (C=O) groups is 1. The van der Waals surface area contributed by atoms with Crippen LogP contribution in [0.5, 0.6) is 5.75 Å². The maximum absolute atomic E-state index is 10.0. The van der Waals surface area contributed by atoms with Gasteiger partial charge in [0.25, 0.3) is 0 Å². The number of hydrogen-bond acceptors (Lipinski definition) is 4. The number of nitrogens with zero attached hydrogens (tertiary/aromatic N) is 1. The molecule has 1 saturated heterocycles. The van der Waals surface area contributed by atoms with E-state index < -0.39 is 11.7 Å². The molecule has 1 fully saturated rings. The van der Waals surface area contributed by atoms with Gasteiger partial charge in [0, 0.05) is 18.8 Å². The Morgan fingerprint density at radius 1 is 1.20 bits per heavy atom. The third kappa shape index (κ3) is 6.31. The Morgan fingerprint density at radius 3 is 2.05 bits per heavy atom. The normalized spacial score (nSPS) is 14.4. The fraction of sp³-hybridized carbons (Fsp3) is 0.533. The molecule has 1 heterocycles. The zero-order valence-electron chi connectivity index (χ0n) is 12.4. The first-order valence-corrected chi connectivity index (χ1v) is 6.80. The zero-order chi connectivity index (χ0) is 15.2. The first-order chi connectivity index (χ1) is 9.28. The van der Waals surface area contributed by atoms with Gasteiger partial charge in [0.15, 0.2) is 0 Å². The van der Waals surface area contributed by atoms with Gasteiger partial charge in [-0.3, -0.25) is 0 Å². The summed E-state index contributed by atoms with van der Waals surface area (Å²) in [5.74, 6) is 0.345. The van der Waals surface area contributed by atoms with E-state index in [1.165, 1.54) is 18.5 Å². The van der Waals surface area contributed by atoms with E-state index in [-0.39, 0.29) is 0 Å². The molecular weight excluding hydrogens is 256 g/mol. The lowest BCUT2D eigenvalue weighted by Gasteiger charge is -2.16. The van der Waals surface area contributed by atoms with Crippen LogP contribution in [0.2, 0.25) is 0 Å². The minimum Gasteiger partial charge on any atom is -0.508 e. The molecule has 0 aromatic heterocycles. The monoisotopic (exact) mass is 280 g/mol. The summed E-state index contributed by atoms with van der Waals surface area (Å²) in [6.07, 6.45) is 1.86. The molecule has 5 nitrogen and oxygen atoms in total. The Labute approximate surface area is 120 Å². The highest BCUT2D eigenvalue weighted by molar-refractivity contribution is 5.65. The molecule has 0 spiro atoms. The fourth-order valence-corrected chi connectivity index (χ4v) is 1.94. The van der Waals surface area contributed by atoms with Gasteiger partial charge < -0.3 is 20.5 Å². The highest BCUT2D eigenvalue weighted by Gasteiger charge is 2.12. The van der Waals surface area contributed by atoms with Gasteiger partial charge in [0.05, 0.1) is 0 Å². The topological polar surface area (TPSA) is 75.8 Å². The molecule has 0 bridgehead atoms. The van der Waals surface area contributed by atoms with E-state index in [4.69, 9.17) is 10.8 Å². The molecule has 3 N–H and O–H groups in total. The van der Waals surface area contributed by atoms with Gasteiger partial charge in [-0.15, -0.1) is 0 Å². The molecule has 0 saturated carbocycles. The van der Waals surface area contributed by atoms with Crippen molar-refractivity contribution in [2.75, 3.05) is 18.0 Å². The van der Waals surface area contributed by atoms with Crippen LogP contribution in [-0.4, -0.2) is 29.9 Å². The van der Waals surface area contributed by atoms with Crippen LogP contribution in [0.1, 0.15) is 33.6 Å². The number of phenolic OH excluding ortho intramolecular Hbond substituents is 1. The summed E-state index contributed by atoms with van der Waals surface area (Å²) in [6, 6.07) is 7.43. The summed E-state index contributed by atoms with van der Waals surface area (Å²) < 4.78 is 4.58. The number of anilines is 1. The molecule has 0 unspecified atom stereocenters. The minimum atomic E-state index is -0.725. The highest BCUT2D eigenvalue weighted by atomic mass is 16.6. The molecule has 112 valence electrons. The van der Waals surface area contributed by atoms with E-state index >= 15 is 0 Å². The maximum atomic E-state index is 10.0. The predicted molar refractivity (Wildman–Crippen MR) is 80.0 cm³/mol. The number of carbonyl (C=O) groups excluding carboxylic acids is 1. The number of rotatable bonds is 1. The van der Waals surface area contributed by atoms with Crippen LogP contribution in [0, 0.1) is 0 Å². The van der Waals surface area contributed by atoms with Crippen molar-refractivity contribution in [3.8, 4) is 5.75 Å². The average Bonchev–Trinajstić information content (AvgIpc) is 2.80. The number of hydrogen-bond donors (Lipinski definition) is 2. The first-order valence-electron chi connectivity index (χ1n) is 6.80. The quantitative estimate of drug-likeness (QED) is 0.829. The Bertz CT molecular complexity index is 418. The first kappa shape index (κ1) is 16.1. The van der Waals surface area contributed by atoms with Crippen molar-refractivity contribution in [2.24, 2.45) is 5.73 Å². The predicted octanol–water partition coefficient (Wildman–Crippen LogP) is 2.87. The van der Waals surface area contributed by atoms with Crippen LogP contribution in [-0.2, 0) is 4.74 Å². The van der Waals surface area contributed by atoms with E-state index in [1.807, 2.05) is 12.1 Å². The third-order valence-corrected chi connectivity index (χ3v) is 2.73. The molecule has 1 aromatic carbocycles. The van der Waals surface area contributed by atoms with Crippen LogP contribution >= 0.6 is 0 Å².